The highest BCUT2D eigenvalue weighted by Crippen LogP contribution is 2.33. The lowest BCUT2D eigenvalue weighted by atomic mass is 10.1. The van der Waals surface area contributed by atoms with Crippen molar-refractivity contribution in [1.29, 1.82) is 0 Å². The molecule has 2 aromatic rings. The molecule has 1 aliphatic rings. The summed E-state index contributed by atoms with van der Waals surface area (Å²) in [5.41, 5.74) is 3.41. The molecule has 4 nitrogen and oxygen atoms in total. The summed E-state index contributed by atoms with van der Waals surface area (Å²) in [6, 6.07) is 12.4. The van der Waals surface area contributed by atoms with Crippen molar-refractivity contribution < 1.29 is 9.59 Å². The Morgan fingerprint density at radius 2 is 1.96 bits per heavy atom. The Morgan fingerprint density at radius 1 is 1.22 bits per heavy atom. The SMILES string of the molecule is CC(=O)N1c2ccccc2C[C@H]1C(=O)Nc1cc(Cl)ccc1C. The van der Waals surface area contributed by atoms with Crippen LogP contribution < -0.4 is 10.2 Å². The lowest BCUT2D eigenvalue weighted by Gasteiger charge is -2.23. The largest absolute Gasteiger partial charge is 0.324 e. The van der Waals surface area contributed by atoms with E-state index >= 15 is 0 Å². The molecular weight excluding hydrogens is 312 g/mol. The van der Waals surface area contributed by atoms with Crippen LogP contribution in [0.3, 0.4) is 0 Å². The Morgan fingerprint density at radius 3 is 2.70 bits per heavy atom. The van der Waals surface area contributed by atoms with E-state index in [1.54, 1.807) is 17.0 Å². The zero-order valence-corrected chi connectivity index (χ0v) is 13.7. The summed E-state index contributed by atoms with van der Waals surface area (Å²) in [6.45, 7) is 3.38. The lowest BCUT2D eigenvalue weighted by Crippen LogP contribution is -2.44. The summed E-state index contributed by atoms with van der Waals surface area (Å²) in [7, 11) is 0. The topological polar surface area (TPSA) is 49.4 Å². The number of amides is 2. The minimum absolute atomic E-state index is 0.141. The van der Waals surface area contributed by atoms with Crippen molar-refractivity contribution in [3.63, 3.8) is 0 Å². The first-order valence-electron chi connectivity index (χ1n) is 7.42. The van der Waals surface area contributed by atoms with E-state index in [0.29, 0.717) is 17.1 Å². The molecule has 23 heavy (non-hydrogen) atoms. The molecule has 2 aromatic carbocycles. The number of carbonyl (C=O) groups is 2. The molecule has 0 aromatic heterocycles. The minimum Gasteiger partial charge on any atom is -0.324 e. The van der Waals surface area contributed by atoms with E-state index in [-0.39, 0.29) is 11.8 Å². The Labute approximate surface area is 140 Å². The second-order valence-electron chi connectivity index (χ2n) is 5.69. The molecule has 1 N–H and O–H groups in total. The number of anilines is 2. The highest BCUT2D eigenvalue weighted by molar-refractivity contribution is 6.31. The molecule has 1 heterocycles. The average molecular weight is 329 g/mol. The van der Waals surface area contributed by atoms with Crippen molar-refractivity contribution in [2.24, 2.45) is 0 Å². The number of nitrogens with zero attached hydrogens (tertiary/aromatic N) is 1. The van der Waals surface area contributed by atoms with E-state index in [1.165, 1.54) is 6.92 Å². The first-order valence-corrected chi connectivity index (χ1v) is 7.80. The van der Waals surface area contributed by atoms with E-state index in [0.717, 1.165) is 16.8 Å². The summed E-state index contributed by atoms with van der Waals surface area (Å²) < 4.78 is 0. The monoisotopic (exact) mass is 328 g/mol. The van der Waals surface area contributed by atoms with Gasteiger partial charge in [-0.2, -0.15) is 0 Å². The predicted molar refractivity (Wildman–Crippen MR) is 91.9 cm³/mol. The van der Waals surface area contributed by atoms with Gasteiger partial charge in [-0.25, -0.2) is 0 Å². The zero-order valence-electron chi connectivity index (χ0n) is 13.0. The summed E-state index contributed by atoms with van der Waals surface area (Å²) in [4.78, 5) is 26.3. The van der Waals surface area contributed by atoms with Crippen LogP contribution in [0.25, 0.3) is 0 Å². The molecule has 118 valence electrons. The van der Waals surface area contributed by atoms with Gasteiger partial charge in [0.2, 0.25) is 11.8 Å². The first-order chi connectivity index (χ1) is 11.0. The van der Waals surface area contributed by atoms with Crippen molar-refractivity contribution in [2.45, 2.75) is 26.3 Å². The number of carbonyl (C=O) groups excluding carboxylic acids is 2. The van der Waals surface area contributed by atoms with E-state index in [4.69, 9.17) is 11.6 Å². The first kappa shape index (κ1) is 15.6. The van der Waals surface area contributed by atoms with Gasteiger partial charge in [0.15, 0.2) is 0 Å². The number of hydrogen-bond donors (Lipinski definition) is 1. The van der Waals surface area contributed by atoms with Crippen LogP contribution in [0.15, 0.2) is 42.5 Å². The molecular formula is C18H17ClN2O2. The minimum atomic E-state index is -0.539. The van der Waals surface area contributed by atoms with Crippen LogP contribution in [0.1, 0.15) is 18.1 Å². The summed E-state index contributed by atoms with van der Waals surface area (Å²) >= 11 is 6.00. The molecule has 3 rings (SSSR count). The molecule has 0 fully saturated rings. The van der Waals surface area contributed by atoms with Crippen molar-refractivity contribution in [2.75, 3.05) is 10.2 Å². The molecule has 0 unspecified atom stereocenters. The van der Waals surface area contributed by atoms with Gasteiger partial charge in [0.25, 0.3) is 0 Å². The number of aryl methyl sites for hydroxylation is 1. The van der Waals surface area contributed by atoms with Gasteiger partial charge in [-0.3, -0.25) is 14.5 Å². The highest BCUT2D eigenvalue weighted by atomic mass is 35.5. The Kier molecular flexibility index (Phi) is 4.09. The van der Waals surface area contributed by atoms with Crippen molar-refractivity contribution in [3.05, 3.63) is 58.6 Å². The molecule has 0 aliphatic carbocycles. The third-order valence-electron chi connectivity index (χ3n) is 4.08. The third kappa shape index (κ3) is 2.94. The van der Waals surface area contributed by atoms with Crippen LogP contribution in [-0.4, -0.2) is 17.9 Å². The van der Waals surface area contributed by atoms with Gasteiger partial charge >= 0.3 is 0 Å². The summed E-state index contributed by atoms with van der Waals surface area (Å²) in [5.74, 6) is -0.348. The molecule has 5 heteroatoms. The van der Waals surface area contributed by atoms with Gasteiger partial charge in [0, 0.05) is 29.7 Å². The number of halogens is 1. The number of nitrogens with one attached hydrogen (secondary N) is 1. The number of rotatable bonds is 2. The van der Waals surface area contributed by atoms with E-state index < -0.39 is 6.04 Å². The van der Waals surface area contributed by atoms with Crippen LogP contribution in [0, 0.1) is 6.92 Å². The summed E-state index contributed by atoms with van der Waals surface area (Å²) in [5, 5.41) is 3.45. The predicted octanol–water partition coefficient (Wildman–Crippen LogP) is 3.56. The second kappa shape index (κ2) is 6.05. The Bertz CT molecular complexity index is 788. The maximum absolute atomic E-state index is 12.7. The molecule has 2 amide bonds. The fraction of sp³-hybridized carbons (Fsp3) is 0.222. The van der Waals surface area contributed by atoms with Gasteiger partial charge < -0.3 is 5.32 Å². The number of fused-ring (bicyclic) bond motifs is 1. The van der Waals surface area contributed by atoms with Crippen LogP contribution in [0.4, 0.5) is 11.4 Å². The second-order valence-corrected chi connectivity index (χ2v) is 6.12. The van der Waals surface area contributed by atoms with E-state index in [9.17, 15) is 9.59 Å². The zero-order chi connectivity index (χ0) is 16.6. The summed E-state index contributed by atoms with van der Waals surface area (Å²) in [6.07, 6.45) is 0.515. The fourth-order valence-electron chi connectivity index (χ4n) is 2.93. The van der Waals surface area contributed by atoms with Gasteiger partial charge in [-0.15, -0.1) is 0 Å². The molecule has 0 saturated heterocycles. The van der Waals surface area contributed by atoms with Gasteiger partial charge in [0.1, 0.15) is 6.04 Å². The van der Waals surface area contributed by atoms with Gasteiger partial charge in [-0.1, -0.05) is 35.9 Å². The Hall–Kier alpha value is -2.33. The smallest absolute Gasteiger partial charge is 0.247 e. The highest BCUT2D eigenvalue weighted by Gasteiger charge is 2.36. The average Bonchev–Trinajstić information content (AvgIpc) is 2.90. The van der Waals surface area contributed by atoms with Crippen LogP contribution >= 0.6 is 11.6 Å². The molecule has 1 aliphatic heterocycles. The van der Waals surface area contributed by atoms with Crippen molar-refractivity contribution in [3.8, 4) is 0 Å². The van der Waals surface area contributed by atoms with Gasteiger partial charge in [-0.05, 0) is 36.2 Å². The molecule has 0 bridgehead atoms. The number of hydrogen-bond acceptors (Lipinski definition) is 2. The van der Waals surface area contributed by atoms with Crippen LogP contribution in [0.5, 0.6) is 0 Å². The van der Waals surface area contributed by atoms with Crippen LogP contribution in [-0.2, 0) is 16.0 Å². The Balaban J connectivity index is 1.88. The third-order valence-corrected chi connectivity index (χ3v) is 4.31. The molecule has 0 spiro atoms. The van der Waals surface area contributed by atoms with E-state index in [2.05, 4.69) is 5.32 Å². The van der Waals surface area contributed by atoms with E-state index in [1.807, 2.05) is 37.3 Å². The molecule has 0 radical (unpaired) electrons. The molecule has 1 atom stereocenters. The fourth-order valence-corrected chi connectivity index (χ4v) is 3.10. The standard InChI is InChI=1S/C18H17ClN2O2/c1-11-7-8-14(19)10-15(11)20-18(23)17-9-13-5-3-4-6-16(13)21(17)12(2)22/h3-8,10,17H,9H2,1-2H3,(H,20,23)/t17-/m0/s1. The van der Waals surface area contributed by atoms with Crippen molar-refractivity contribution >= 4 is 34.8 Å². The molecule has 0 saturated carbocycles. The quantitative estimate of drug-likeness (QED) is 0.916. The number of benzene rings is 2. The lowest BCUT2D eigenvalue weighted by molar-refractivity contribution is -0.122. The normalized spacial score (nSPS) is 16.1. The van der Waals surface area contributed by atoms with Gasteiger partial charge in [0.05, 0.1) is 0 Å². The number of para-hydroxylation sites is 1. The maximum atomic E-state index is 12.7. The van der Waals surface area contributed by atoms with Crippen molar-refractivity contribution in [1.82, 2.24) is 0 Å². The maximum Gasteiger partial charge on any atom is 0.247 e. The van der Waals surface area contributed by atoms with Crippen LogP contribution in [0.2, 0.25) is 5.02 Å².